The van der Waals surface area contributed by atoms with Crippen LogP contribution in [0.4, 0.5) is 0 Å². The van der Waals surface area contributed by atoms with Crippen LogP contribution in [0.3, 0.4) is 0 Å². The van der Waals surface area contributed by atoms with Crippen LogP contribution in [0.15, 0.2) is 0 Å². The van der Waals surface area contributed by atoms with Crippen molar-refractivity contribution < 1.29 is 14.6 Å². The average Bonchev–Trinajstić information content (AvgIpc) is 2.94. The molecule has 4 aliphatic carbocycles. The van der Waals surface area contributed by atoms with E-state index in [1.54, 1.807) is 7.11 Å². The molecule has 0 bridgehead atoms. The Morgan fingerprint density at radius 2 is 1.85 bits per heavy atom. The van der Waals surface area contributed by atoms with Gasteiger partial charge in [0.05, 0.1) is 6.10 Å². The third-order valence-electron chi connectivity index (χ3n) is 9.75. The van der Waals surface area contributed by atoms with E-state index in [1.165, 1.54) is 38.5 Å². The summed E-state index contributed by atoms with van der Waals surface area (Å²) >= 11 is 0. The van der Waals surface area contributed by atoms with Gasteiger partial charge < -0.3 is 9.84 Å². The van der Waals surface area contributed by atoms with Crippen molar-refractivity contribution in [2.75, 3.05) is 13.7 Å². The average molecular weight is 363 g/mol. The zero-order valence-electron chi connectivity index (χ0n) is 17.2. The second-order valence-corrected chi connectivity index (χ2v) is 10.6. The summed E-state index contributed by atoms with van der Waals surface area (Å²) in [7, 11) is 1.78. The Morgan fingerprint density at radius 1 is 1.08 bits per heavy atom. The van der Waals surface area contributed by atoms with Gasteiger partial charge in [0.15, 0.2) is 0 Å². The molecule has 0 heterocycles. The zero-order valence-corrected chi connectivity index (χ0v) is 17.2. The summed E-state index contributed by atoms with van der Waals surface area (Å²) in [5.41, 5.74) is 0.289. The first-order valence-electron chi connectivity index (χ1n) is 11.0. The van der Waals surface area contributed by atoms with Crippen molar-refractivity contribution in [2.24, 2.45) is 46.3 Å². The number of Topliss-reactive ketones (excluding diaryl/α,β-unsaturated/α-hetero) is 1. The van der Waals surface area contributed by atoms with Crippen molar-refractivity contribution in [3.63, 3.8) is 0 Å². The lowest BCUT2D eigenvalue weighted by molar-refractivity contribution is -0.176. The highest BCUT2D eigenvalue weighted by Crippen LogP contribution is 2.67. The number of aliphatic hydroxyl groups excluding tert-OH is 1. The number of carbonyl (C=O) groups excluding carboxylic acids is 1. The van der Waals surface area contributed by atoms with Crippen LogP contribution in [0.25, 0.3) is 0 Å². The van der Waals surface area contributed by atoms with Gasteiger partial charge in [-0.2, -0.15) is 0 Å². The smallest absolute Gasteiger partial charge is 0.133 e. The fraction of sp³-hybridized carbons (Fsp3) is 0.957. The minimum Gasteiger partial charge on any atom is -0.393 e. The maximum Gasteiger partial charge on any atom is 0.133 e. The number of carbonyl (C=O) groups is 1. The summed E-state index contributed by atoms with van der Waals surface area (Å²) in [4.78, 5) is 12.3. The van der Waals surface area contributed by atoms with Gasteiger partial charge in [0.2, 0.25) is 0 Å². The second kappa shape index (κ2) is 6.58. The van der Waals surface area contributed by atoms with E-state index in [0.717, 1.165) is 19.4 Å². The number of aliphatic hydroxyl groups is 1. The molecule has 0 amide bonds. The van der Waals surface area contributed by atoms with E-state index in [-0.39, 0.29) is 22.9 Å². The molecule has 0 aliphatic heterocycles. The van der Waals surface area contributed by atoms with E-state index >= 15 is 0 Å². The van der Waals surface area contributed by atoms with Gasteiger partial charge in [-0.3, -0.25) is 4.79 Å². The number of hydrogen-bond donors (Lipinski definition) is 1. The van der Waals surface area contributed by atoms with Crippen LogP contribution in [0.1, 0.15) is 72.1 Å². The van der Waals surface area contributed by atoms with Gasteiger partial charge in [-0.05, 0) is 98.7 Å². The fourth-order valence-electron chi connectivity index (χ4n) is 8.47. The zero-order chi connectivity index (χ0) is 18.7. The Morgan fingerprint density at radius 3 is 2.54 bits per heavy atom. The van der Waals surface area contributed by atoms with Crippen LogP contribution >= 0.6 is 0 Å². The number of ketones is 1. The summed E-state index contributed by atoms with van der Waals surface area (Å²) in [5, 5.41) is 11.2. The Kier molecular flexibility index (Phi) is 4.79. The van der Waals surface area contributed by atoms with Gasteiger partial charge in [0.25, 0.3) is 0 Å². The van der Waals surface area contributed by atoms with E-state index in [1.807, 2.05) is 6.92 Å². The molecule has 3 nitrogen and oxygen atoms in total. The molecule has 0 aromatic carbocycles. The standard InChI is InChI=1S/C23H38O3/c1-14(24)18-7-8-19-17-6-5-16-11-15(13-26-4)12-21(25)23(16,3)20(17)9-10-22(18,19)2/h15-21,25H,5-13H2,1-4H3/t15-,16+,17+,18-,19+,20+,21?,22-,23+/m1/s1. The quantitative estimate of drug-likeness (QED) is 0.806. The molecule has 1 unspecified atom stereocenters. The Balaban J connectivity index is 1.59. The molecular weight excluding hydrogens is 324 g/mol. The molecular formula is C23H38O3. The van der Waals surface area contributed by atoms with E-state index in [4.69, 9.17) is 4.74 Å². The van der Waals surface area contributed by atoms with Crippen LogP contribution in [0.5, 0.6) is 0 Å². The van der Waals surface area contributed by atoms with Crippen molar-refractivity contribution in [3.8, 4) is 0 Å². The molecule has 0 spiro atoms. The van der Waals surface area contributed by atoms with Crippen LogP contribution < -0.4 is 0 Å². The minimum absolute atomic E-state index is 0.0722. The molecule has 4 saturated carbocycles. The third-order valence-corrected chi connectivity index (χ3v) is 9.75. The molecule has 0 saturated heterocycles. The van der Waals surface area contributed by atoms with Gasteiger partial charge in [0.1, 0.15) is 5.78 Å². The lowest BCUT2D eigenvalue weighted by atomic mass is 9.43. The minimum atomic E-state index is -0.191. The molecule has 9 atom stereocenters. The van der Waals surface area contributed by atoms with E-state index in [9.17, 15) is 9.90 Å². The van der Waals surface area contributed by atoms with Crippen molar-refractivity contribution in [1.29, 1.82) is 0 Å². The number of ether oxygens (including phenoxy) is 1. The third kappa shape index (κ3) is 2.56. The predicted octanol–water partition coefficient (Wildman–Crippen LogP) is 4.47. The molecule has 4 rings (SSSR count). The molecule has 4 fully saturated rings. The lowest BCUT2D eigenvalue weighted by Gasteiger charge is -2.62. The number of methoxy groups -OCH3 is 1. The first-order valence-corrected chi connectivity index (χ1v) is 11.0. The van der Waals surface area contributed by atoms with Crippen molar-refractivity contribution in [2.45, 2.75) is 78.2 Å². The first-order chi connectivity index (χ1) is 12.3. The van der Waals surface area contributed by atoms with Crippen molar-refractivity contribution >= 4 is 5.78 Å². The Hall–Kier alpha value is -0.410. The fourth-order valence-corrected chi connectivity index (χ4v) is 8.47. The largest absolute Gasteiger partial charge is 0.393 e. The number of rotatable bonds is 3. The summed E-state index contributed by atoms with van der Waals surface area (Å²) in [6.45, 7) is 7.41. The van der Waals surface area contributed by atoms with Gasteiger partial charge in [-0.25, -0.2) is 0 Å². The normalized spacial score (nSPS) is 53.5. The van der Waals surface area contributed by atoms with Crippen LogP contribution in [0, 0.1) is 46.3 Å². The van der Waals surface area contributed by atoms with Crippen LogP contribution in [-0.2, 0) is 9.53 Å². The topological polar surface area (TPSA) is 46.5 Å². The lowest BCUT2D eigenvalue weighted by Crippen LogP contribution is -2.59. The summed E-state index contributed by atoms with van der Waals surface area (Å²) in [6.07, 6.45) is 9.21. The maximum atomic E-state index is 12.3. The van der Waals surface area contributed by atoms with Gasteiger partial charge in [-0.1, -0.05) is 13.8 Å². The SMILES string of the molecule is COC[C@H]1CC(O)[C@@]2(C)[C@@H](CC[C@H]3[C@@H]4CC[C@H](C(C)=O)[C@@]4(C)CC[C@@H]32)C1. The summed E-state index contributed by atoms with van der Waals surface area (Å²) in [5.74, 6) is 3.90. The molecule has 0 radical (unpaired) electrons. The van der Waals surface area contributed by atoms with Crippen molar-refractivity contribution in [3.05, 3.63) is 0 Å². The molecule has 0 aromatic rings. The van der Waals surface area contributed by atoms with E-state index in [0.29, 0.717) is 35.4 Å². The van der Waals surface area contributed by atoms with E-state index in [2.05, 4.69) is 13.8 Å². The van der Waals surface area contributed by atoms with Gasteiger partial charge in [-0.15, -0.1) is 0 Å². The number of fused-ring (bicyclic) bond motifs is 5. The van der Waals surface area contributed by atoms with Gasteiger partial charge in [0, 0.05) is 19.6 Å². The molecule has 148 valence electrons. The van der Waals surface area contributed by atoms with E-state index < -0.39 is 0 Å². The molecule has 0 aromatic heterocycles. The maximum absolute atomic E-state index is 12.3. The Bertz CT molecular complexity index is 560. The molecule has 3 heteroatoms. The Labute approximate surface area is 159 Å². The summed E-state index contributed by atoms with van der Waals surface area (Å²) < 4.78 is 5.41. The monoisotopic (exact) mass is 362 g/mol. The highest BCUT2D eigenvalue weighted by Gasteiger charge is 2.62. The first kappa shape index (κ1) is 18.9. The predicted molar refractivity (Wildman–Crippen MR) is 103 cm³/mol. The summed E-state index contributed by atoms with van der Waals surface area (Å²) in [6, 6.07) is 0. The van der Waals surface area contributed by atoms with Gasteiger partial charge >= 0.3 is 0 Å². The van der Waals surface area contributed by atoms with Crippen LogP contribution in [-0.4, -0.2) is 30.7 Å². The second-order valence-electron chi connectivity index (χ2n) is 10.6. The van der Waals surface area contributed by atoms with Crippen molar-refractivity contribution in [1.82, 2.24) is 0 Å². The number of hydrogen-bond acceptors (Lipinski definition) is 3. The highest BCUT2D eigenvalue weighted by molar-refractivity contribution is 5.79. The molecule has 4 aliphatic rings. The van der Waals surface area contributed by atoms with Crippen LogP contribution in [0.2, 0.25) is 0 Å². The highest BCUT2D eigenvalue weighted by atomic mass is 16.5. The molecule has 1 N–H and O–H groups in total. The molecule has 26 heavy (non-hydrogen) atoms.